The zero-order valence-corrected chi connectivity index (χ0v) is 17.5. The summed E-state index contributed by atoms with van der Waals surface area (Å²) in [5.41, 5.74) is 4.07. The van der Waals surface area contributed by atoms with E-state index in [-0.39, 0.29) is 6.10 Å². The number of aryl methyl sites for hydroxylation is 2. The molecule has 1 aliphatic heterocycles. The highest BCUT2D eigenvalue weighted by molar-refractivity contribution is 5.82. The highest BCUT2D eigenvalue weighted by Gasteiger charge is 2.16. The minimum atomic E-state index is 0.206. The minimum Gasteiger partial charge on any atom is -0.493 e. The van der Waals surface area contributed by atoms with Gasteiger partial charge in [0.15, 0.2) is 11.5 Å². The van der Waals surface area contributed by atoms with Crippen LogP contribution in [0.25, 0.3) is 22.3 Å². The van der Waals surface area contributed by atoms with Gasteiger partial charge in [-0.2, -0.15) is 0 Å². The normalized spacial score (nSPS) is 17.1. The second-order valence-corrected chi connectivity index (χ2v) is 7.50. The Balaban J connectivity index is 1.88. The lowest BCUT2D eigenvalue weighted by Gasteiger charge is -2.12. The Morgan fingerprint density at radius 1 is 1.03 bits per heavy atom. The van der Waals surface area contributed by atoms with Gasteiger partial charge in [0.05, 0.1) is 32.2 Å². The Labute approximate surface area is 170 Å². The highest BCUT2D eigenvalue weighted by Crippen LogP contribution is 2.33. The van der Waals surface area contributed by atoms with E-state index in [1.807, 2.05) is 24.3 Å². The van der Waals surface area contributed by atoms with Crippen LogP contribution in [0, 0.1) is 13.8 Å². The van der Waals surface area contributed by atoms with Gasteiger partial charge in [0.25, 0.3) is 0 Å². The Morgan fingerprint density at radius 3 is 2.59 bits per heavy atom. The highest BCUT2D eigenvalue weighted by atomic mass is 16.5. The number of hydrogen-bond acceptors (Lipinski definition) is 5. The summed E-state index contributed by atoms with van der Waals surface area (Å²) in [6, 6.07) is 12.0. The summed E-state index contributed by atoms with van der Waals surface area (Å²) in [5, 5.41) is 1.99. The maximum atomic E-state index is 6.31. The molecular formula is C24H27NO4. The van der Waals surface area contributed by atoms with Crippen molar-refractivity contribution in [3.8, 4) is 22.8 Å². The molecule has 0 bridgehead atoms. The van der Waals surface area contributed by atoms with Gasteiger partial charge in [-0.3, -0.25) is 4.99 Å². The zero-order valence-electron chi connectivity index (χ0n) is 17.5. The van der Waals surface area contributed by atoms with Crippen LogP contribution in [-0.4, -0.2) is 33.5 Å². The van der Waals surface area contributed by atoms with E-state index in [1.54, 1.807) is 14.2 Å². The van der Waals surface area contributed by atoms with Crippen molar-refractivity contribution in [3.05, 3.63) is 52.9 Å². The summed E-state index contributed by atoms with van der Waals surface area (Å²) < 4.78 is 22.9. The first kappa shape index (κ1) is 19.5. The van der Waals surface area contributed by atoms with Gasteiger partial charge in [-0.05, 0) is 62.1 Å². The Kier molecular flexibility index (Phi) is 5.58. The minimum absolute atomic E-state index is 0.206. The third kappa shape index (κ3) is 4.01. The average Bonchev–Trinajstić information content (AvgIpc) is 3.24. The van der Waals surface area contributed by atoms with Crippen LogP contribution < -0.4 is 14.8 Å². The van der Waals surface area contributed by atoms with Gasteiger partial charge < -0.3 is 18.6 Å². The van der Waals surface area contributed by atoms with Gasteiger partial charge in [0, 0.05) is 23.6 Å². The predicted molar refractivity (Wildman–Crippen MR) is 114 cm³/mol. The molecule has 3 aromatic rings. The zero-order chi connectivity index (χ0) is 20.4. The number of methoxy groups -OCH3 is 2. The fraction of sp³-hybridized carbons (Fsp3) is 0.375. The lowest BCUT2D eigenvalue weighted by atomic mass is 10.0. The molecule has 1 atom stereocenters. The fourth-order valence-electron chi connectivity index (χ4n) is 3.93. The molecule has 5 nitrogen and oxygen atoms in total. The molecule has 0 unspecified atom stereocenters. The second-order valence-electron chi connectivity index (χ2n) is 7.50. The Bertz CT molecular complexity index is 1090. The molecule has 0 saturated carbocycles. The van der Waals surface area contributed by atoms with E-state index in [0.29, 0.717) is 18.0 Å². The van der Waals surface area contributed by atoms with E-state index >= 15 is 0 Å². The summed E-state index contributed by atoms with van der Waals surface area (Å²) in [6.45, 7) is 5.68. The number of benzene rings is 2. The topological polar surface area (TPSA) is 53.2 Å². The fourth-order valence-corrected chi connectivity index (χ4v) is 3.93. The van der Waals surface area contributed by atoms with Crippen molar-refractivity contribution >= 4 is 11.0 Å². The molecule has 2 heterocycles. The van der Waals surface area contributed by atoms with Crippen LogP contribution in [-0.2, 0) is 4.74 Å². The molecule has 5 heteroatoms. The first-order valence-corrected chi connectivity index (χ1v) is 9.98. The van der Waals surface area contributed by atoms with E-state index in [0.717, 1.165) is 58.2 Å². The molecule has 4 rings (SSSR count). The van der Waals surface area contributed by atoms with E-state index < -0.39 is 0 Å². The maximum absolute atomic E-state index is 6.31. The van der Waals surface area contributed by atoms with Gasteiger partial charge >= 0.3 is 0 Å². The van der Waals surface area contributed by atoms with Crippen LogP contribution in [0.1, 0.15) is 24.0 Å². The monoisotopic (exact) mass is 393 g/mol. The van der Waals surface area contributed by atoms with E-state index in [1.165, 1.54) is 0 Å². The van der Waals surface area contributed by atoms with Crippen molar-refractivity contribution in [1.29, 1.82) is 0 Å². The van der Waals surface area contributed by atoms with Gasteiger partial charge in [0.2, 0.25) is 0 Å². The molecule has 29 heavy (non-hydrogen) atoms. The molecule has 0 radical (unpaired) electrons. The van der Waals surface area contributed by atoms with Crippen LogP contribution in [0.15, 0.2) is 45.8 Å². The molecule has 1 aromatic heterocycles. The van der Waals surface area contributed by atoms with Crippen LogP contribution >= 0.6 is 0 Å². The number of rotatable bonds is 5. The second kappa shape index (κ2) is 8.29. The van der Waals surface area contributed by atoms with Crippen LogP contribution in [0.3, 0.4) is 0 Å². The number of fused-ring (bicyclic) bond motifs is 1. The molecule has 1 aliphatic rings. The van der Waals surface area contributed by atoms with Crippen molar-refractivity contribution in [1.82, 2.24) is 0 Å². The molecule has 2 aromatic carbocycles. The van der Waals surface area contributed by atoms with Crippen molar-refractivity contribution in [2.24, 2.45) is 4.99 Å². The first-order valence-electron chi connectivity index (χ1n) is 9.98. The van der Waals surface area contributed by atoms with E-state index in [4.69, 9.17) is 23.6 Å². The van der Waals surface area contributed by atoms with Crippen molar-refractivity contribution in [2.75, 3.05) is 27.4 Å². The standard InChI is InChI=1S/C24H27NO4/c1-15-10-16(2)24-19(25-14-18-6-5-9-28-18)13-21(29-23(24)11-15)17-7-8-20(26-3)22(12-17)27-4/h7-8,10-13,18H,5-6,9,14H2,1-4H3/t18-/m1/s1. The lowest BCUT2D eigenvalue weighted by molar-refractivity contribution is 0.117. The lowest BCUT2D eigenvalue weighted by Crippen LogP contribution is -2.14. The Morgan fingerprint density at radius 2 is 1.86 bits per heavy atom. The molecule has 0 amide bonds. The average molecular weight is 393 g/mol. The summed E-state index contributed by atoms with van der Waals surface area (Å²) in [5.74, 6) is 2.10. The van der Waals surface area contributed by atoms with E-state index in [9.17, 15) is 0 Å². The molecule has 0 aliphatic carbocycles. The van der Waals surface area contributed by atoms with Crippen molar-refractivity contribution < 1.29 is 18.6 Å². The number of hydrogen-bond donors (Lipinski definition) is 0. The summed E-state index contributed by atoms with van der Waals surface area (Å²) >= 11 is 0. The largest absolute Gasteiger partial charge is 0.493 e. The number of ether oxygens (including phenoxy) is 3. The summed E-state index contributed by atoms with van der Waals surface area (Å²) in [7, 11) is 3.26. The van der Waals surface area contributed by atoms with Gasteiger partial charge in [-0.1, -0.05) is 6.07 Å². The quantitative estimate of drug-likeness (QED) is 0.624. The molecular weight excluding hydrogens is 366 g/mol. The summed E-state index contributed by atoms with van der Waals surface area (Å²) in [4.78, 5) is 4.93. The van der Waals surface area contributed by atoms with Gasteiger partial charge in [-0.15, -0.1) is 0 Å². The van der Waals surface area contributed by atoms with E-state index in [2.05, 4.69) is 26.0 Å². The van der Waals surface area contributed by atoms with Crippen LogP contribution in [0.4, 0.5) is 0 Å². The first-order chi connectivity index (χ1) is 14.1. The van der Waals surface area contributed by atoms with Crippen LogP contribution in [0.2, 0.25) is 0 Å². The molecule has 1 fully saturated rings. The molecule has 1 saturated heterocycles. The predicted octanol–water partition coefficient (Wildman–Crippen LogP) is 4.81. The number of nitrogens with zero attached hydrogens (tertiary/aromatic N) is 1. The Hall–Kier alpha value is -2.79. The SMILES string of the molecule is COc1ccc(-c2cc(=NC[C@H]3CCCO3)c3c(C)cc(C)cc3o2)cc1OC. The van der Waals surface area contributed by atoms with Crippen molar-refractivity contribution in [3.63, 3.8) is 0 Å². The third-order valence-electron chi connectivity index (χ3n) is 5.34. The smallest absolute Gasteiger partial charge is 0.161 e. The molecule has 152 valence electrons. The third-order valence-corrected chi connectivity index (χ3v) is 5.34. The molecule has 0 spiro atoms. The summed E-state index contributed by atoms with van der Waals surface area (Å²) in [6.07, 6.45) is 2.39. The maximum Gasteiger partial charge on any atom is 0.161 e. The van der Waals surface area contributed by atoms with Gasteiger partial charge in [0.1, 0.15) is 11.3 Å². The van der Waals surface area contributed by atoms with Gasteiger partial charge in [-0.25, -0.2) is 0 Å². The van der Waals surface area contributed by atoms with Crippen molar-refractivity contribution in [2.45, 2.75) is 32.8 Å². The molecule has 0 N–H and O–H groups in total. The van der Waals surface area contributed by atoms with Crippen LogP contribution in [0.5, 0.6) is 11.5 Å².